The Hall–Kier alpha value is -1.55. The number of rotatable bonds is 4. The van der Waals surface area contributed by atoms with E-state index >= 15 is 0 Å². The molecule has 3 N–H and O–H groups in total. The van der Waals surface area contributed by atoms with Crippen molar-refractivity contribution in [3.05, 3.63) is 29.3 Å². The van der Waals surface area contributed by atoms with Crippen LogP contribution >= 0.6 is 0 Å². The summed E-state index contributed by atoms with van der Waals surface area (Å²) in [5, 5.41) is 3.18. The summed E-state index contributed by atoms with van der Waals surface area (Å²) >= 11 is 0. The first kappa shape index (κ1) is 16.4. The maximum atomic E-state index is 11.8. The van der Waals surface area contributed by atoms with Crippen LogP contribution in [0.3, 0.4) is 0 Å². The van der Waals surface area contributed by atoms with Gasteiger partial charge in [0.05, 0.1) is 0 Å². The molecule has 0 atom stereocenters. The van der Waals surface area contributed by atoms with E-state index in [4.69, 9.17) is 5.73 Å². The number of carbonyl (C=O) groups excluding carboxylic acids is 1. The Morgan fingerprint density at radius 1 is 1.39 bits per heavy atom. The summed E-state index contributed by atoms with van der Waals surface area (Å²) in [6.07, 6.45) is 0. The van der Waals surface area contributed by atoms with E-state index in [0.717, 1.165) is 23.4 Å². The van der Waals surface area contributed by atoms with Gasteiger partial charge >= 0.3 is 0 Å². The Labute approximate surface area is 112 Å². The van der Waals surface area contributed by atoms with Crippen LogP contribution < -0.4 is 11.1 Å². The summed E-state index contributed by atoms with van der Waals surface area (Å²) < 4.78 is 0. The van der Waals surface area contributed by atoms with Gasteiger partial charge in [0.2, 0.25) is 0 Å². The number of nitrogens with one attached hydrogen (secondary N) is 1. The zero-order valence-electron chi connectivity index (χ0n) is 12.1. The predicted molar refractivity (Wildman–Crippen MR) is 80.2 cm³/mol. The third-order valence-corrected chi connectivity index (χ3v) is 2.34. The molecule has 1 aromatic carbocycles. The minimum Gasteiger partial charge on any atom is -0.384 e. The highest BCUT2D eigenvalue weighted by molar-refractivity contribution is 5.95. The molecular weight excluding hydrogens is 226 g/mol. The topological polar surface area (TPSA) is 58.4 Å². The lowest BCUT2D eigenvalue weighted by molar-refractivity contribution is 0.0827. The van der Waals surface area contributed by atoms with Gasteiger partial charge in [-0.05, 0) is 30.7 Å². The van der Waals surface area contributed by atoms with Crippen LogP contribution in [0.25, 0.3) is 0 Å². The molecular formula is C14H27N3O. The number of nitrogens with zero attached hydrogens (tertiary/aromatic N) is 1. The van der Waals surface area contributed by atoms with Crippen LogP contribution in [0.4, 0.5) is 5.69 Å². The standard InChI is InChI=1S/C12H19N3O.C2H6.H2/c1-9-8-10(14-7-6-13)4-5-11(9)12(16)15(2)3;1-2;/h4-5,8,14H,6-7,13H2,1-3H3;1-2H3;1H. The number of hydrogen-bond donors (Lipinski definition) is 2. The van der Waals surface area contributed by atoms with Crippen molar-refractivity contribution in [2.24, 2.45) is 5.73 Å². The number of nitrogens with two attached hydrogens (primary N) is 1. The summed E-state index contributed by atoms with van der Waals surface area (Å²) in [5.41, 5.74) is 8.12. The van der Waals surface area contributed by atoms with E-state index in [1.54, 1.807) is 19.0 Å². The van der Waals surface area contributed by atoms with Gasteiger partial charge in [0.15, 0.2) is 0 Å². The van der Waals surface area contributed by atoms with Gasteiger partial charge < -0.3 is 16.0 Å². The molecule has 0 saturated carbocycles. The third kappa shape index (κ3) is 4.75. The largest absolute Gasteiger partial charge is 0.384 e. The number of aryl methyl sites for hydroxylation is 1. The molecule has 4 heteroatoms. The smallest absolute Gasteiger partial charge is 0.253 e. The molecule has 0 aliphatic carbocycles. The lowest BCUT2D eigenvalue weighted by atomic mass is 10.1. The van der Waals surface area contributed by atoms with E-state index in [2.05, 4.69) is 5.32 Å². The minimum absolute atomic E-state index is 0. The quantitative estimate of drug-likeness (QED) is 0.866. The predicted octanol–water partition coefficient (Wildman–Crippen LogP) is 2.34. The van der Waals surface area contributed by atoms with Crippen LogP contribution in [0.1, 0.15) is 31.2 Å². The Balaban J connectivity index is 0. The van der Waals surface area contributed by atoms with Crippen LogP contribution in [0, 0.1) is 6.92 Å². The molecule has 18 heavy (non-hydrogen) atoms. The minimum atomic E-state index is 0. The molecule has 0 aromatic heterocycles. The number of benzene rings is 1. The van der Waals surface area contributed by atoms with E-state index in [1.807, 2.05) is 39.0 Å². The number of amides is 1. The summed E-state index contributed by atoms with van der Waals surface area (Å²) in [5.74, 6) is 0.0304. The highest BCUT2D eigenvalue weighted by atomic mass is 16.2. The Morgan fingerprint density at radius 2 is 2.00 bits per heavy atom. The first-order valence-electron chi connectivity index (χ1n) is 6.32. The summed E-state index contributed by atoms with van der Waals surface area (Å²) in [4.78, 5) is 13.4. The fourth-order valence-electron chi connectivity index (χ4n) is 1.47. The summed E-state index contributed by atoms with van der Waals surface area (Å²) in [7, 11) is 3.50. The molecule has 0 aliphatic rings. The molecule has 0 saturated heterocycles. The number of anilines is 1. The monoisotopic (exact) mass is 253 g/mol. The molecule has 4 nitrogen and oxygen atoms in total. The van der Waals surface area contributed by atoms with E-state index in [-0.39, 0.29) is 7.33 Å². The number of hydrogen-bond acceptors (Lipinski definition) is 3. The first-order chi connectivity index (χ1) is 8.56. The van der Waals surface area contributed by atoms with Crippen molar-refractivity contribution in [2.75, 3.05) is 32.5 Å². The van der Waals surface area contributed by atoms with E-state index in [0.29, 0.717) is 6.54 Å². The lowest BCUT2D eigenvalue weighted by Crippen LogP contribution is -2.22. The van der Waals surface area contributed by atoms with Crippen LogP contribution in [0.2, 0.25) is 0 Å². The molecule has 0 aliphatic heterocycles. The van der Waals surface area contributed by atoms with E-state index in [1.165, 1.54) is 0 Å². The highest BCUT2D eigenvalue weighted by Crippen LogP contribution is 2.16. The van der Waals surface area contributed by atoms with Gasteiger partial charge in [0.25, 0.3) is 5.91 Å². The maximum absolute atomic E-state index is 11.8. The summed E-state index contributed by atoms with van der Waals surface area (Å²) in [6, 6.07) is 5.71. The molecule has 0 heterocycles. The Bertz CT molecular complexity index is 381. The normalized spacial score (nSPS) is 9.22. The fourth-order valence-corrected chi connectivity index (χ4v) is 1.47. The van der Waals surface area contributed by atoms with E-state index < -0.39 is 0 Å². The first-order valence-corrected chi connectivity index (χ1v) is 6.32. The van der Waals surface area contributed by atoms with Crippen molar-refractivity contribution in [2.45, 2.75) is 20.8 Å². The van der Waals surface area contributed by atoms with Crippen molar-refractivity contribution in [1.29, 1.82) is 0 Å². The molecule has 1 aromatic rings. The van der Waals surface area contributed by atoms with Gasteiger partial charge in [-0.25, -0.2) is 0 Å². The molecule has 1 amide bonds. The van der Waals surface area contributed by atoms with Gasteiger partial charge in [-0.3, -0.25) is 4.79 Å². The highest BCUT2D eigenvalue weighted by Gasteiger charge is 2.10. The molecule has 0 unspecified atom stereocenters. The molecule has 0 bridgehead atoms. The SMILES string of the molecule is CC.Cc1cc(NCCN)ccc1C(=O)N(C)C.[HH]. The molecule has 1 rings (SSSR count). The van der Waals surface area contributed by atoms with Crippen molar-refractivity contribution < 1.29 is 6.22 Å². The van der Waals surface area contributed by atoms with Crippen LogP contribution in [0.15, 0.2) is 18.2 Å². The average Bonchev–Trinajstić information content (AvgIpc) is 2.38. The maximum Gasteiger partial charge on any atom is 0.253 e. The molecule has 104 valence electrons. The van der Waals surface area contributed by atoms with Crippen molar-refractivity contribution >= 4 is 11.6 Å². The zero-order chi connectivity index (χ0) is 14.1. The fraction of sp³-hybridized carbons (Fsp3) is 0.500. The molecule has 0 radical (unpaired) electrons. The molecule has 0 spiro atoms. The third-order valence-electron chi connectivity index (χ3n) is 2.34. The second kappa shape index (κ2) is 8.53. The van der Waals surface area contributed by atoms with Gasteiger partial charge in [-0.2, -0.15) is 0 Å². The van der Waals surface area contributed by atoms with Crippen LogP contribution in [0.5, 0.6) is 0 Å². The summed E-state index contributed by atoms with van der Waals surface area (Å²) in [6.45, 7) is 7.27. The van der Waals surface area contributed by atoms with Gasteiger partial charge in [0, 0.05) is 39.9 Å². The van der Waals surface area contributed by atoms with Crippen molar-refractivity contribution in [3.8, 4) is 0 Å². The molecule has 0 fully saturated rings. The second-order valence-electron chi connectivity index (χ2n) is 3.94. The Kier molecular flexibility index (Phi) is 7.79. The van der Waals surface area contributed by atoms with Crippen LogP contribution in [-0.2, 0) is 0 Å². The van der Waals surface area contributed by atoms with Crippen molar-refractivity contribution in [1.82, 2.24) is 4.90 Å². The zero-order valence-corrected chi connectivity index (χ0v) is 12.1. The second-order valence-corrected chi connectivity index (χ2v) is 3.94. The van der Waals surface area contributed by atoms with E-state index in [9.17, 15) is 4.79 Å². The number of carbonyl (C=O) groups is 1. The van der Waals surface area contributed by atoms with Gasteiger partial charge in [-0.1, -0.05) is 13.8 Å². The average molecular weight is 253 g/mol. The van der Waals surface area contributed by atoms with Crippen molar-refractivity contribution in [3.63, 3.8) is 0 Å². The Morgan fingerprint density at radius 3 is 2.44 bits per heavy atom. The lowest BCUT2D eigenvalue weighted by Gasteiger charge is -2.13. The van der Waals surface area contributed by atoms with Gasteiger partial charge in [-0.15, -0.1) is 0 Å². The van der Waals surface area contributed by atoms with Crippen LogP contribution in [-0.4, -0.2) is 38.0 Å². The van der Waals surface area contributed by atoms with Gasteiger partial charge in [0.1, 0.15) is 0 Å².